The molecule has 0 spiro atoms. The number of imide groups is 2. The van der Waals surface area contributed by atoms with Gasteiger partial charge in [0, 0.05) is 0 Å². The van der Waals surface area contributed by atoms with Crippen molar-refractivity contribution in [1.82, 2.24) is 5.32 Å². The molecule has 0 unspecified atom stereocenters. The van der Waals surface area contributed by atoms with Gasteiger partial charge in [-0.1, -0.05) is 24.3 Å². The summed E-state index contributed by atoms with van der Waals surface area (Å²) in [6, 6.07) is 13.2. The van der Waals surface area contributed by atoms with E-state index in [0.717, 1.165) is 16.0 Å². The van der Waals surface area contributed by atoms with Gasteiger partial charge in [-0.2, -0.15) is 10.1 Å². The molecule has 0 radical (unpaired) electrons. The van der Waals surface area contributed by atoms with Gasteiger partial charge in [0.2, 0.25) is 0 Å². The van der Waals surface area contributed by atoms with E-state index < -0.39 is 23.8 Å². The summed E-state index contributed by atoms with van der Waals surface area (Å²) in [5.41, 5.74) is 2.99. The summed E-state index contributed by atoms with van der Waals surface area (Å²) in [6.07, 6.45) is 1.28. The van der Waals surface area contributed by atoms with Gasteiger partial charge in [-0.05, 0) is 62.2 Å². The first kappa shape index (κ1) is 20.2. The second-order valence-electron chi connectivity index (χ2n) is 7.45. The van der Waals surface area contributed by atoms with Gasteiger partial charge in [0.25, 0.3) is 17.7 Å². The maximum Gasteiger partial charge on any atom is 0.335 e. The topological polar surface area (TPSA) is 99.2 Å². The van der Waals surface area contributed by atoms with Gasteiger partial charge in [-0.3, -0.25) is 19.7 Å². The SMILES string of the molecule is CC1=NN(c2ccccc2)C(=O)[C@@H]1/C=C1\C(=O)NC(=O)N(c2ccc(C)c(C)c2)C1=O. The minimum absolute atomic E-state index is 0.277. The Morgan fingerprint density at radius 1 is 0.903 bits per heavy atom. The number of rotatable bonds is 3. The standard InChI is InChI=1S/C23H20N4O4/c1-13-9-10-17(11-14(13)2)26-21(29)19(20(28)24-23(26)31)12-18-15(3)25-27(22(18)30)16-7-5-4-6-8-16/h4-12,18H,1-3H3,(H,24,28,31)/b19-12+/t18-/m1/s1. The minimum atomic E-state index is -0.889. The van der Waals surface area contributed by atoms with Gasteiger partial charge in [-0.15, -0.1) is 0 Å². The molecular formula is C23H20N4O4. The van der Waals surface area contributed by atoms with E-state index in [9.17, 15) is 19.2 Å². The Bertz CT molecular complexity index is 1180. The molecule has 0 aliphatic carbocycles. The Balaban J connectivity index is 1.68. The molecule has 8 heteroatoms. The second kappa shape index (κ2) is 7.64. The molecule has 0 aromatic heterocycles. The number of carbonyl (C=O) groups is 4. The lowest BCUT2D eigenvalue weighted by molar-refractivity contribution is -0.122. The average Bonchev–Trinajstić information content (AvgIpc) is 3.02. The molecule has 156 valence electrons. The maximum absolute atomic E-state index is 13.1. The molecule has 2 aliphatic heterocycles. The normalized spacial score (nSPS) is 20.4. The number of amides is 5. The summed E-state index contributed by atoms with van der Waals surface area (Å²) in [5.74, 6) is -2.89. The van der Waals surface area contributed by atoms with Crippen LogP contribution in [0.4, 0.5) is 16.2 Å². The lowest BCUT2D eigenvalue weighted by Gasteiger charge is -2.27. The highest BCUT2D eigenvalue weighted by atomic mass is 16.2. The Morgan fingerprint density at radius 3 is 2.29 bits per heavy atom. The molecule has 2 aliphatic rings. The number of benzene rings is 2. The molecule has 1 saturated heterocycles. The third-order valence-corrected chi connectivity index (χ3v) is 5.37. The first-order chi connectivity index (χ1) is 14.8. The lowest BCUT2D eigenvalue weighted by Crippen LogP contribution is -2.54. The molecule has 2 aromatic rings. The van der Waals surface area contributed by atoms with Crippen LogP contribution in [-0.2, 0) is 14.4 Å². The molecule has 0 saturated carbocycles. The smallest absolute Gasteiger partial charge is 0.273 e. The Hall–Kier alpha value is -4.07. The summed E-state index contributed by atoms with van der Waals surface area (Å²) in [4.78, 5) is 51.8. The van der Waals surface area contributed by atoms with E-state index in [2.05, 4.69) is 10.4 Å². The molecule has 8 nitrogen and oxygen atoms in total. The van der Waals surface area contributed by atoms with Gasteiger partial charge in [0.05, 0.1) is 23.0 Å². The van der Waals surface area contributed by atoms with Crippen molar-refractivity contribution in [2.45, 2.75) is 20.8 Å². The van der Waals surface area contributed by atoms with Gasteiger partial charge in [0.15, 0.2) is 0 Å². The summed E-state index contributed by atoms with van der Waals surface area (Å²) in [7, 11) is 0. The molecule has 5 amide bonds. The molecule has 2 aromatic carbocycles. The van der Waals surface area contributed by atoms with Gasteiger partial charge < -0.3 is 0 Å². The largest absolute Gasteiger partial charge is 0.335 e. The van der Waals surface area contributed by atoms with Crippen molar-refractivity contribution >= 4 is 40.8 Å². The van der Waals surface area contributed by atoms with Crippen molar-refractivity contribution in [3.8, 4) is 0 Å². The third kappa shape index (κ3) is 3.52. The van der Waals surface area contributed by atoms with Crippen molar-refractivity contribution in [2.75, 3.05) is 9.91 Å². The fraction of sp³-hybridized carbons (Fsp3) is 0.174. The highest BCUT2D eigenvalue weighted by Crippen LogP contribution is 2.28. The highest BCUT2D eigenvalue weighted by molar-refractivity contribution is 6.38. The van der Waals surface area contributed by atoms with Crippen LogP contribution in [-0.4, -0.2) is 29.5 Å². The molecule has 4 rings (SSSR count). The van der Waals surface area contributed by atoms with Crippen LogP contribution >= 0.6 is 0 Å². The first-order valence-electron chi connectivity index (χ1n) is 9.71. The van der Waals surface area contributed by atoms with Crippen molar-refractivity contribution < 1.29 is 19.2 Å². The van der Waals surface area contributed by atoms with E-state index in [1.54, 1.807) is 49.4 Å². The number of nitrogens with zero attached hydrogens (tertiary/aromatic N) is 3. The average molecular weight is 416 g/mol. The Morgan fingerprint density at radius 2 is 1.61 bits per heavy atom. The number of hydrogen-bond acceptors (Lipinski definition) is 5. The first-order valence-corrected chi connectivity index (χ1v) is 9.71. The lowest BCUT2D eigenvalue weighted by atomic mass is 9.98. The quantitative estimate of drug-likeness (QED) is 0.614. The zero-order valence-electron chi connectivity index (χ0n) is 17.2. The number of hydrazone groups is 1. The van der Waals surface area contributed by atoms with Crippen LogP contribution in [0.15, 0.2) is 65.3 Å². The molecule has 0 bridgehead atoms. The van der Waals surface area contributed by atoms with E-state index in [-0.39, 0.29) is 11.5 Å². The zero-order chi connectivity index (χ0) is 22.3. The van der Waals surface area contributed by atoms with Crippen LogP contribution in [0.1, 0.15) is 18.1 Å². The van der Waals surface area contributed by atoms with Gasteiger partial charge in [0.1, 0.15) is 5.57 Å². The number of nitrogens with one attached hydrogen (secondary N) is 1. The van der Waals surface area contributed by atoms with Crippen LogP contribution < -0.4 is 15.2 Å². The number of anilines is 2. The molecule has 31 heavy (non-hydrogen) atoms. The highest BCUT2D eigenvalue weighted by Gasteiger charge is 2.40. The molecule has 2 heterocycles. The monoisotopic (exact) mass is 416 g/mol. The van der Waals surface area contributed by atoms with E-state index in [1.807, 2.05) is 19.9 Å². The van der Waals surface area contributed by atoms with Gasteiger partial charge >= 0.3 is 6.03 Å². The number of aryl methyl sites for hydroxylation is 2. The van der Waals surface area contributed by atoms with E-state index >= 15 is 0 Å². The van der Waals surface area contributed by atoms with Crippen molar-refractivity contribution in [1.29, 1.82) is 0 Å². The summed E-state index contributed by atoms with van der Waals surface area (Å²) < 4.78 is 0. The number of urea groups is 1. The van der Waals surface area contributed by atoms with Crippen LogP contribution in [0.2, 0.25) is 0 Å². The van der Waals surface area contributed by atoms with Gasteiger partial charge in [-0.25, -0.2) is 9.69 Å². The summed E-state index contributed by atoms with van der Waals surface area (Å²) in [5, 5.41) is 7.71. The third-order valence-electron chi connectivity index (χ3n) is 5.37. The van der Waals surface area contributed by atoms with Crippen LogP contribution in [0.25, 0.3) is 0 Å². The second-order valence-corrected chi connectivity index (χ2v) is 7.45. The molecule has 1 atom stereocenters. The molecule has 1 fully saturated rings. The Kier molecular flexibility index (Phi) is 4.98. The number of carbonyl (C=O) groups excluding carboxylic acids is 4. The fourth-order valence-electron chi connectivity index (χ4n) is 3.47. The summed E-state index contributed by atoms with van der Waals surface area (Å²) >= 11 is 0. The van der Waals surface area contributed by atoms with Crippen LogP contribution in [0.5, 0.6) is 0 Å². The fourth-order valence-corrected chi connectivity index (χ4v) is 3.47. The number of hydrogen-bond donors (Lipinski definition) is 1. The number of para-hydroxylation sites is 1. The predicted octanol–water partition coefficient (Wildman–Crippen LogP) is 2.85. The van der Waals surface area contributed by atoms with Crippen molar-refractivity contribution in [3.63, 3.8) is 0 Å². The predicted molar refractivity (Wildman–Crippen MR) is 116 cm³/mol. The van der Waals surface area contributed by atoms with Crippen molar-refractivity contribution in [2.24, 2.45) is 11.0 Å². The van der Waals surface area contributed by atoms with E-state index in [1.165, 1.54) is 11.1 Å². The van der Waals surface area contributed by atoms with Crippen LogP contribution in [0.3, 0.4) is 0 Å². The van der Waals surface area contributed by atoms with Crippen molar-refractivity contribution in [3.05, 3.63) is 71.3 Å². The number of barbiturate groups is 1. The molecular weight excluding hydrogens is 396 g/mol. The molecule has 1 N–H and O–H groups in total. The maximum atomic E-state index is 13.1. The Labute approximate surface area is 178 Å². The minimum Gasteiger partial charge on any atom is -0.273 e. The van der Waals surface area contributed by atoms with E-state index in [4.69, 9.17) is 0 Å². The van der Waals surface area contributed by atoms with E-state index in [0.29, 0.717) is 17.1 Å². The summed E-state index contributed by atoms with van der Waals surface area (Å²) in [6.45, 7) is 5.43. The van der Waals surface area contributed by atoms with Crippen LogP contribution in [0, 0.1) is 19.8 Å². The zero-order valence-corrected chi connectivity index (χ0v) is 17.2.